The lowest BCUT2D eigenvalue weighted by atomic mass is 10.1. The smallest absolute Gasteiger partial charge is 0.310 e. The van der Waals surface area contributed by atoms with Gasteiger partial charge in [0, 0.05) is 26.6 Å². The molecule has 106 valence electrons. The second-order valence-corrected chi connectivity index (χ2v) is 5.92. The lowest BCUT2D eigenvalue weighted by Crippen LogP contribution is -2.07. The summed E-state index contributed by atoms with van der Waals surface area (Å²) in [6, 6.07) is 11.0. The standard InChI is InChI=1S/C17H14O3S/c1-3-15(18)20-11-8-10(2)17-13(9-11)16(19)12-6-4-5-7-14(12)21-17/h4-9H,3H2,1-2H3. The number of hydrogen-bond acceptors (Lipinski definition) is 4. The molecule has 0 saturated carbocycles. The van der Waals surface area contributed by atoms with Crippen LogP contribution in [-0.4, -0.2) is 5.97 Å². The van der Waals surface area contributed by atoms with Crippen molar-refractivity contribution in [3.05, 3.63) is 52.2 Å². The van der Waals surface area contributed by atoms with Gasteiger partial charge in [-0.3, -0.25) is 9.59 Å². The highest BCUT2D eigenvalue weighted by molar-refractivity contribution is 7.24. The van der Waals surface area contributed by atoms with Crippen molar-refractivity contribution in [2.75, 3.05) is 0 Å². The maximum Gasteiger partial charge on any atom is 0.310 e. The van der Waals surface area contributed by atoms with Crippen LogP contribution >= 0.6 is 11.3 Å². The van der Waals surface area contributed by atoms with Crippen LogP contribution < -0.4 is 10.2 Å². The lowest BCUT2D eigenvalue weighted by Gasteiger charge is -2.08. The van der Waals surface area contributed by atoms with E-state index in [9.17, 15) is 9.59 Å². The Kier molecular flexibility index (Phi) is 3.47. The largest absolute Gasteiger partial charge is 0.427 e. The summed E-state index contributed by atoms with van der Waals surface area (Å²) < 4.78 is 7.16. The minimum atomic E-state index is -0.300. The molecule has 0 aliphatic carbocycles. The van der Waals surface area contributed by atoms with Crippen molar-refractivity contribution in [2.24, 2.45) is 0 Å². The fourth-order valence-corrected chi connectivity index (χ4v) is 3.42. The first-order chi connectivity index (χ1) is 10.1. The SMILES string of the molecule is CCC(=O)Oc1cc(C)c2sc3ccccc3c(=O)c2c1. The molecule has 0 aliphatic rings. The molecule has 0 unspecified atom stereocenters. The third kappa shape index (κ3) is 2.43. The van der Waals surface area contributed by atoms with Crippen molar-refractivity contribution in [1.82, 2.24) is 0 Å². The van der Waals surface area contributed by atoms with Gasteiger partial charge in [0.2, 0.25) is 0 Å². The van der Waals surface area contributed by atoms with E-state index in [4.69, 9.17) is 4.74 Å². The van der Waals surface area contributed by atoms with E-state index in [1.165, 1.54) is 0 Å². The van der Waals surface area contributed by atoms with Gasteiger partial charge in [0.25, 0.3) is 0 Å². The van der Waals surface area contributed by atoms with Gasteiger partial charge in [0.1, 0.15) is 5.75 Å². The summed E-state index contributed by atoms with van der Waals surface area (Å²) in [7, 11) is 0. The highest BCUT2D eigenvalue weighted by Crippen LogP contribution is 2.30. The molecule has 1 aromatic heterocycles. The Morgan fingerprint density at radius 3 is 2.71 bits per heavy atom. The third-order valence-corrected chi connectivity index (χ3v) is 4.68. The summed E-state index contributed by atoms with van der Waals surface area (Å²) in [5, 5.41) is 1.31. The molecule has 0 N–H and O–H groups in total. The first-order valence-electron chi connectivity index (χ1n) is 6.77. The molecular formula is C17H14O3S. The lowest BCUT2D eigenvalue weighted by molar-refractivity contribution is -0.134. The molecule has 0 aliphatic heterocycles. The minimum absolute atomic E-state index is 0.0168. The molecule has 0 bridgehead atoms. The van der Waals surface area contributed by atoms with Gasteiger partial charge in [0.15, 0.2) is 5.43 Å². The van der Waals surface area contributed by atoms with Crippen LogP contribution in [-0.2, 0) is 4.79 Å². The Labute approximate surface area is 125 Å². The van der Waals surface area contributed by atoms with Gasteiger partial charge in [0.05, 0.1) is 0 Å². The number of esters is 1. The van der Waals surface area contributed by atoms with Crippen LogP contribution in [0.2, 0.25) is 0 Å². The van der Waals surface area contributed by atoms with Gasteiger partial charge in [-0.1, -0.05) is 19.1 Å². The predicted molar refractivity (Wildman–Crippen MR) is 86.3 cm³/mol. The number of fused-ring (bicyclic) bond motifs is 2. The van der Waals surface area contributed by atoms with E-state index in [2.05, 4.69) is 0 Å². The highest BCUT2D eigenvalue weighted by atomic mass is 32.1. The highest BCUT2D eigenvalue weighted by Gasteiger charge is 2.11. The van der Waals surface area contributed by atoms with Gasteiger partial charge >= 0.3 is 5.97 Å². The second-order valence-electron chi connectivity index (χ2n) is 4.87. The molecule has 1 heterocycles. The van der Waals surface area contributed by atoms with Crippen LogP contribution in [0.15, 0.2) is 41.2 Å². The van der Waals surface area contributed by atoms with Crippen LogP contribution in [0.25, 0.3) is 20.2 Å². The Balaban J connectivity index is 2.31. The molecule has 3 nitrogen and oxygen atoms in total. The molecular weight excluding hydrogens is 284 g/mol. The number of carbonyl (C=O) groups is 1. The van der Waals surface area contributed by atoms with Crippen molar-refractivity contribution in [2.45, 2.75) is 20.3 Å². The number of hydrogen-bond donors (Lipinski definition) is 0. The zero-order chi connectivity index (χ0) is 15.0. The Morgan fingerprint density at radius 2 is 1.95 bits per heavy atom. The molecule has 0 amide bonds. The van der Waals surface area contributed by atoms with Gasteiger partial charge in [-0.25, -0.2) is 0 Å². The number of ether oxygens (including phenoxy) is 1. The molecule has 4 heteroatoms. The van der Waals surface area contributed by atoms with Crippen LogP contribution in [0.3, 0.4) is 0 Å². The molecule has 3 aromatic rings. The molecule has 0 fully saturated rings. The third-order valence-electron chi connectivity index (χ3n) is 3.36. The Bertz CT molecular complexity index is 909. The Hall–Kier alpha value is -2.20. The number of rotatable bonds is 2. The molecule has 3 rings (SSSR count). The zero-order valence-electron chi connectivity index (χ0n) is 11.8. The predicted octanol–water partition coefficient (Wildman–Crippen LogP) is 4.04. The van der Waals surface area contributed by atoms with Crippen LogP contribution in [0.1, 0.15) is 18.9 Å². The van der Waals surface area contributed by atoms with Crippen LogP contribution in [0.4, 0.5) is 0 Å². The first kappa shape index (κ1) is 13.8. The van der Waals surface area contributed by atoms with Crippen LogP contribution in [0.5, 0.6) is 5.75 Å². The fourth-order valence-electron chi connectivity index (χ4n) is 2.31. The normalized spacial score (nSPS) is 11.0. The molecule has 0 radical (unpaired) electrons. The summed E-state index contributed by atoms with van der Waals surface area (Å²) in [5.74, 6) is 0.136. The van der Waals surface area contributed by atoms with Gasteiger partial charge in [-0.15, -0.1) is 11.3 Å². The Morgan fingerprint density at radius 1 is 1.19 bits per heavy atom. The van der Waals surface area contributed by atoms with Crippen molar-refractivity contribution in [1.29, 1.82) is 0 Å². The molecule has 21 heavy (non-hydrogen) atoms. The van der Waals surface area contributed by atoms with Crippen LogP contribution in [0, 0.1) is 6.92 Å². The summed E-state index contributed by atoms with van der Waals surface area (Å²) in [6.07, 6.45) is 0.307. The summed E-state index contributed by atoms with van der Waals surface area (Å²) in [4.78, 5) is 24.0. The van der Waals surface area contributed by atoms with E-state index in [0.29, 0.717) is 22.9 Å². The van der Waals surface area contributed by atoms with Crippen molar-refractivity contribution < 1.29 is 9.53 Å². The molecule has 0 spiro atoms. The second kappa shape index (κ2) is 5.30. The monoisotopic (exact) mass is 298 g/mol. The number of benzene rings is 2. The summed E-state index contributed by atoms with van der Waals surface area (Å²) in [5.41, 5.74) is 0.927. The van der Waals surface area contributed by atoms with E-state index in [-0.39, 0.29) is 11.4 Å². The fraction of sp³-hybridized carbons (Fsp3) is 0.176. The topological polar surface area (TPSA) is 43.4 Å². The summed E-state index contributed by atoms with van der Waals surface area (Å²) >= 11 is 1.58. The maximum absolute atomic E-state index is 12.6. The van der Waals surface area contributed by atoms with Crippen molar-refractivity contribution in [3.63, 3.8) is 0 Å². The maximum atomic E-state index is 12.6. The molecule has 0 atom stereocenters. The van der Waals surface area contributed by atoms with Gasteiger partial charge in [-0.05, 0) is 36.8 Å². The molecule has 2 aromatic carbocycles. The number of carbonyl (C=O) groups excluding carboxylic acids is 1. The van der Waals surface area contributed by atoms with E-state index in [1.54, 1.807) is 30.4 Å². The minimum Gasteiger partial charge on any atom is -0.427 e. The van der Waals surface area contributed by atoms with E-state index >= 15 is 0 Å². The average Bonchev–Trinajstić information content (AvgIpc) is 2.49. The molecule has 0 saturated heterocycles. The zero-order valence-corrected chi connectivity index (χ0v) is 12.6. The first-order valence-corrected chi connectivity index (χ1v) is 7.58. The van der Waals surface area contributed by atoms with Crippen molar-refractivity contribution in [3.8, 4) is 5.75 Å². The number of aryl methyl sites for hydroxylation is 1. The quantitative estimate of drug-likeness (QED) is 0.407. The van der Waals surface area contributed by atoms with Crippen molar-refractivity contribution >= 4 is 37.5 Å². The van der Waals surface area contributed by atoms with E-state index in [0.717, 1.165) is 15.0 Å². The summed E-state index contributed by atoms with van der Waals surface area (Å²) in [6.45, 7) is 3.67. The van der Waals surface area contributed by atoms with E-state index < -0.39 is 0 Å². The average molecular weight is 298 g/mol. The van der Waals surface area contributed by atoms with Gasteiger partial charge in [-0.2, -0.15) is 0 Å². The van der Waals surface area contributed by atoms with Gasteiger partial charge < -0.3 is 4.74 Å². The van der Waals surface area contributed by atoms with E-state index in [1.807, 2.05) is 31.2 Å².